The number of aliphatic imine (C=N–C) groups is 1. The molecule has 2 N–H and O–H groups in total. The number of guanidine groups is 1. The van der Waals surface area contributed by atoms with Gasteiger partial charge in [-0.2, -0.15) is 0 Å². The van der Waals surface area contributed by atoms with E-state index in [0.717, 1.165) is 51.0 Å². The van der Waals surface area contributed by atoms with Crippen molar-refractivity contribution in [3.8, 4) is 11.5 Å². The third kappa shape index (κ3) is 7.73. The van der Waals surface area contributed by atoms with Gasteiger partial charge in [-0.25, -0.2) is 0 Å². The number of hydrogen-bond donors (Lipinski definition) is 2. The Kier molecular flexibility index (Phi) is 11.7. The van der Waals surface area contributed by atoms with E-state index in [1.807, 2.05) is 30.0 Å². The van der Waals surface area contributed by atoms with Crippen LogP contribution in [0.25, 0.3) is 0 Å². The second kappa shape index (κ2) is 13.5. The maximum Gasteiger partial charge on any atom is 0.222 e. The van der Waals surface area contributed by atoms with Crippen molar-refractivity contribution in [2.24, 2.45) is 4.99 Å². The predicted molar refractivity (Wildman–Crippen MR) is 124 cm³/mol. The Morgan fingerprint density at radius 1 is 1.18 bits per heavy atom. The molecule has 0 spiro atoms. The Labute approximate surface area is 185 Å². The van der Waals surface area contributed by atoms with Crippen molar-refractivity contribution in [2.75, 3.05) is 45.7 Å². The fourth-order valence-electron chi connectivity index (χ4n) is 3.09. The summed E-state index contributed by atoms with van der Waals surface area (Å²) in [7, 11) is 3.23. The number of hydrogen-bond acceptors (Lipinski definition) is 4. The molecule has 1 heterocycles. The Bertz CT molecular complexity index is 640. The molecular formula is C20H33IN4O3. The van der Waals surface area contributed by atoms with Crippen LogP contribution >= 0.6 is 24.0 Å². The lowest BCUT2D eigenvalue weighted by atomic mass is 10.2. The number of anilines is 1. The smallest absolute Gasteiger partial charge is 0.222 e. The van der Waals surface area contributed by atoms with E-state index < -0.39 is 0 Å². The van der Waals surface area contributed by atoms with Gasteiger partial charge in [0.25, 0.3) is 0 Å². The van der Waals surface area contributed by atoms with E-state index in [0.29, 0.717) is 30.4 Å². The molecule has 1 aliphatic heterocycles. The molecule has 7 nitrogen and oxygen atoms in total. The molecule has 0 bridgehead atoms. The van der Waals surface area contributed by atoms with Crippen LogP contribution in [0, 0.1) is 0 Å². The van der Waals surface area contributed by atoms with Gasteiger partial charge in [0.15, 0.2) is 17.5 Å². The van der Waals surface area contributed by atoms with E-state index in [9.17, 15) is 4.79 Å². The van der Waals surface area contributed by atoms with Crippen molar-refractivity contribution in [1.82, 2.24) is 10.2 Å². The number of amides is 1. The summed E-state index contributed by atoms with van der Waals surface area (Å²) in [5.74, 6) is 2.35. The van der Waals surface area contributed by atoms with Gasteiger partial charge in [-0.3, -0.25) is 9.79 Å². The molecule has 1 amide bonds. The lowest BCUT2D eigenvalue weighted by molar-refractivity contribution is -0.130. The highest BCUT2D eigenvalue weighted by Crippen LogP contribution is 2.29. The zero-order valence-electron chi connectivity index (χ0n) is 17.1. The number of nitrogens with one attached hydrogen (secondary N) is 2. The summed E-state index contributed by atoms with van der Waals surface area (Å²) in [6.45, 7) is 5.11. The van der Waals surface area contributed by atoms with Crippen molar-refractivity contribution >= 4 is 41.5 Å². The van der Waals surface area contributed by atoms with E-state index in [1.54, 1.807) is 14.2 Å². The molecule has 0 unspecified atom stereocenters. The number of nitrogens with zero attached hydrogens (tertiary/aromatic N) is 2. The second-order valence-corrected chi connectivity index (χ2v) is 6.50. The average Bonchev–Trinajstić information content (AvgIpc) is 2.89. The van der Waals surface area contributed by atoms with Gasteiger partial charge >= 0.3 is 0 Å². The fraction of sp³-hybridized carbons (Fsp3) is 0.600. The molecule has 1 aromatic carbocycles. The number of rotatable bonds is 8. The number of benzene rings is 1. The minimum absolute atomic E-state index is 0. The standard InChI is InChI=1S/C20H32N4O3.HI/c1-4-21-20(23-16-10-11-17(26-2)18(15-16)27-3)22-12-8-14-24-13-7-5-6-9-19(24)25;/h10-11,15H,4-9,12-14H2,1-3H3,(H2,21,22,23);1H. The van der Waals surface area contributed by atoms with Crippen molar-refractivity contribution in [2.45, 2.75) is 39.0 Å². The van der Waals surface area contributed by atoms with E-state index in [1.165, 1.54) is 0 Å². The number of methoxy groups -OCH3 is 2. The topological polar surface area (TPSA) is 75.2 Å². The molecule has 8 heteroatoms. The molecule has 28 heavy (non-hydrogen) atoms. The van der Waals surface area contributed by atoms with Crippen LogP contribution in [-0.4, -0.2) is 57.2 Å². The average molecular weight is 504 g/mol. The molecule has 1 aromatic rings. The Morgan fingerprint density at radius 3 is 2.68 bits per heavy atom. The van der Waals surface area contributed by atoms with E-state index >= 15 is 0 Å². The molecule has 0 radical (unpaired) electrons. The lowest BCUT2D eigenvalue weighted by Crippen LogP contribution is -2.32. The van der Waals surface area contributed by atoms with E-state index in [4.69, 9.17) is 9.47 Å². The number of likely N-dealkylation sites (tertiary alicyclic amines) is 1. The van der Waals surface area contributed by atoms with Crippen LogP contribution in [-0.2, 0) is 4.79 Å². The first-order chi connectivity index (χ1) is 13.2. The normalized spacial score (nSPS) is 14.8. The third-order valence-electron chi connectivity index (χ3n) is 4.52. The van der Waals surface area contributed by atoms with Crippen LogP contribution in [0.4, 0.5) is 5.69 Å². The maximum absolute atomic E-state index is 12.0. The van der Waals surface area contributed by atoms with Gasteiger partial charge < -0.3 is 25.0 Å². The second-order valence-electron chi connectivity index (χ2n) is 6.50. The Hall–Kier alpha value is -1.71. The van der Waals surface area contributed by atoms with E-state index in [-0.39, 0.29) is 29.9 Å². The van der Waals surface area contributed by atoms with Crippen molar-refractivity contribution in [3.63, 3.8) is 0 Å². The van der Waals surface area contributed by atoms with Crippen LogP contribution in [0.3, 0.4) is 0 Å². The quantitative estimate of drug-likeness (QED) is 0.246. The van der Waals surface area contributed by atoms with Crippen molar-refractivity contribution < 1.29 is 14.3 Å². The molecule has 2 rings (SSSR count). The molecule has 0 atom stereocenters. The summed E-state index contributed by atoms with van der Waals surface area (Å²) in [4.78, 5) is 18.6. The molecule has 1 saturated heterocycles. The SMILES string of the molecule is CCNC(=NCCCN1CCCCCC1=O)Nc1ccc(OC)c(OC)c1.I. The third-order valence-corrected chi connectivity index (χ3v) is 4.52. The van der Waals surface area contributed by atoms with Crippen molar-refractivity contribution in [1.29, 1.82) is 0 Å². The minimum Gasteiger partial charge on any atom is -0.493 e. The first kappa shape index (κ1) is 24.3. The lowest BCUT2D eigenvalue weighted by Gasteiger charge is -2.20. The Balaban J connectivity index is 0.00000392. The van der Waals surface area contributed by atoms with Crippen LogP contribution in [0.1, 0.15) is 39.0 Å². The van der Waals surface area contributed by atoms with Gasteiger partial charge in [-0.1, -0.05) is 6.42 Å². The number of halogens is 1. The molecule has 158 valence electrons. The van der Waals surface area contributed by atoms with Gasteiger partial charge in [0, 0.05) is 44.4 Å². The molecule has 1 aliphatic rings. The number of carbonyl (C=O) groups excluding carboxylic acids is 1. The number of carbonyl (C=O) groups is 1. The molecular weight excluding hydrogens is 471 g/mol. The van der Waals surface area contributed by atoms with Gasteiger partial charge in [0.05, 0.1) is 14.2 Å². The summed E-state index contributed by atoms with van der Waals surface area (Å²) in [5, 5.41) is 6.53. The highest BCUT2D eigenvalue weighted by atomic mass is 127. The van der Waals surface area contributed by atoms with E-state index in [2.05, 4.69) is 15.6 Å². The largest absolute Gasteiger partial charge is 0.493 e. The minimum atomic E-state index is 0. The summed E-state index contributed by atoms with van der Waals surface area (Å²) in [6, 6.07) is 5.65. The van der Waals surface area contributed by atoms with Gasteiger partial charge in [-0.05, 0) is 38.3 Å². The van der Waals surface area contributed by atoms with Crippen molar-refractivity contribution in [3.05, 3.63) is 18.2 Å². The Morgan fingerprint density at radius 2 is 1.96 bits per heavy atom. The molecule has 0 aliphatic carbocycles. The first-order valence-electron chi connectivity index (χ1n) is 9.73. The van der Waals surface area contributed by atoms with Gasteiger partial charge in [-0.15, -0.1) is 24.0 Å². The first-order valence-corrected chi connectivity index (χ1v) is 9.73. The summed E-state index contributed by atoms with van der Waals surface area (Å²) in [6.07, 6.45) is 4.83. The van der Waals surface area contributed by atoms with Crippen LogP contribution in [0.2, 0.25) is 0 Å². The summed E-state index contributed by atoms with van der Waals surface area (Å²) in [5.41, 5.74) is 0.870. The molecule has 1 fully saturated rings. The summed E-state index contributed by atoms with van der Waals surface area (Å²) >= 11 is 0. The molecule has 0 saturated carbocycles. The zero-order valence-corrected chi connectivity index (χ0v) is 19.5. The molecule has 0 aromatic heterocycles. The monoisotopic (exact) mass is 504 g/mol. The highest BCUT2D eigenvalue weighted by Gasteiger charge is 2.15. The highest BCUT2D eigenvalue weighted by molar-refractivity contribution is 14.0. The van der Waals surface area contributed by atoms with Crippen LogP contribution in [0.15, 0.2) is 23.2 Å². The summed E-state index contributed by atoms with van der Waals surface area (Å²) < 4.78 is 10.6. The number of ether oxygens (including phenoxy) is 2. The predicted octanol–water partition coefficient (Wildman–Crippen LogP) is 3.49. The van der Waals surface area contributed by atoms with Crippen LogP contribution < -0.4 is 20.1 Å². The maximum atomic E-state index is 12.0. The van der Waals surface area contributed by atoms with Crippen LogP contribution in [0.5, 0.6) is 11.5 Å². The zero-order chi connectivity index (χ0) is 19.5. The fourth-order valence-corrected chi connectivity index (χ4v) is 3.09. The van der Waals surface area contributed by atoms with Gasteiger partial charge in [0.1, 0.15) is 0 Å². The van der Waals surface area contributed by atoms with Gasteiger partial charge in [0.2, 0.25) is 5.91 Å².